The SMILES string of the molecule is CCCCCCCC/C=C\CCCCCCCC(=O)OCCN(C)CCOC(=O)CCCCCCC/C=C\CCCCCCCC. The molecule has 0 heterocycles. The fourth-order valence-corrected chi connectivity index (χ4v) is 5.57. The van der Waals surface area contributed by atoms with E-state index in [0.717, 1.165) is 25.7 Å². The van der Waals surface area contributed by atoms with Gasteiger partial charge in [0.2, 0.25) is 0 Å². The van der Waals surface area contributed by atoms with Gasteiger partial charge in [-0.15, -0.1) is 0 Å². The Hall–Kier alpha value is -1.62. The Kier molecular flexibility index (Phi) is 36.5. The number of carbonyl (C=O) groups excluding carboxylic acids is 2. The molecule has 0 atom stereocenters. The minimum atomic E-state index is -0.0996. The molecule has 0 saturated heterocycles. The fourth-order valence-electron chi connectivity index (χ4n) is 5.57. The van der Waals surface area contributed by atoms with Gasteiger partial charge in [0.1, 0.15) is 13.2 Å². The van der Waals surface area contributed by atoms with E-state index in [0.29, 0.717) is 39.1 Å². The molecule has 46 heavy (non-hydrogen) atoms. The van der Waals surface area contributed by atoms with Gasteiger partial charge in [0, 0.05) is 25.9 Å². The highest BCUT2D eigenvalue weighted by molar-refractivity contribution is 5.69. The van der Waals surface area contributed by atoms with E-state index >= 15 is 0 Å². The predicted molar refractivity (Wildman–Crippen MR) is 198 cm³/mol. The van der Waals surface area contributed by atoms with Gasteiger partial charge in [-0.25, -0.2) is 0 Å². The summed E-state index contributed by atoms with van der Waals surface area (Å²) in [4.78, 5) is 26.1. The molecule has 5 nitrogen and oxygen atoms in total. The summed E-state index contributed by atoms with van der Waals surface area (Å²) in [6.07, 6.45) is 43.1. The van der Waals surface area contributed by atoms with Gasteiger partial charge in [0.05, 0.1) is 0 Å². The molecule has 0 aliphatic rings. The summed E-state index contributed by atoms with van der Waals surface area (Å²) in [5, 5.41) is 0. The monoisotopic (exact) mass is 648 g/mol. The third-order valence-electron chi connectivity index (χ3n) is 8.76. The van der Waals surface area contributed by atoms with Crippen LogP contribution in [0, 0.1) is 0 Å². The molecule has 0 aromatic carbocycles. The quantitative estimate of drug-likeness (QED) is 0.0385. The maximum Gasteiger partial charge on any atom is 0.305 e. The topological polar surface area (TPSA) is 55.8 Å². The molecule has 0 amide bonds. The first-order chi connectivity index (χ1) is 22.6. The first-order valence-corrected chi connectivity index (χ1v) is 19.9. The number of allylic oxidation sites excluding steroid dienone is 4. The summed E-state index contributed by atoms with van der Waals surface area (Å²) in [5.74, 6) is -0.199. The van der Waals surface area contributed by atoms with Crippen molar-refractivity contribution in [2.75, 3.05) is 33.4 Å². The predicted octanol–water partition coefficient (Wildman–Crippen LogP) is 12.1. The van der Waals surface area contributed by atoms with Crippen molar-refractivity contribution in [1.29, 1.82) is 0 Å². The summed E-state index contributed by atoms with van der Waals surface area (Å²) >= 11 is 0. The van der Waals surface area contributed by atoms with Crippen LogP contribution >= 0.6 is 0 Å². The Balaban J connectivity index is 3.43. The Morgan fingerprint density at radius 2 is 0.717 bits per heavy atom. The molecule has 0 fully saturated rings. The van der Waals surface area contributed by atoms with E-state index in [9.17, 15) is 9.59 Å². The van der Waals surface area contributed by atoms with Crippen LogP contribution in [0.2, 0.25) is 0 Å². The van der Waals surface area contributed by atoms with Gasteiger partial charge in [-0.2, -0.15) is 0 Å². The maximum absolute atomic E-state index is 12.0. The molecule has 5 heteroatoms. The number of rotatable bonds is 36. The molecule has 0 aromatic rings. The Morgan fingerprint density at radius 3 is 1.04 bits per heavy atom. The lowest BCUT2D eigenvalue weighted by Crippen LogP contribution is -2.28. The van der Waals surface area contributed by atoms with Crippen molar-refractivity contribution >= 4 is 11.9 Å². The third-order valence-corrected chi connectivity index (χ3v) is 8.76. The average molecular weight is 648 g/mol. The van der Waals surface area contributed by atoms with Crippen molar-refractivity contribution in [1.82, 2.24) is 4.90 Å². The van der Waals surface area contributed by atoms with Crippen LogP contribution in [0.15, 0.2) is 24.3 Å². The van der Waals surface area contributed by atoms with Gasteiger partial charge in [0.25, 0.3) is 0 Å². The first-order valence-electron chi connectivity index (χ1n) is 19.9. The molecule has 0 N–H and O–H groups in total. The number of likely N-dealkylation sites (N-methyl/N-ethyl adjacent to an activating group) is 1. The van der Waals surface area contributed by atoms with E-state index < -0.39 is 0 Å². The van der Waals surface area contributed by atoms with E-state index in [1.165, 1.54) is 141 Å². The zero-order chi connectivity index (χ0) is 33.6. The molecule has 0 spiro atoms. The normalized spacial score (nSPS) is 11.7. The van der Waals surface area contributed by atoms with Crippen LogP contribution in [0.3, 0.4) is 0 Å². The number of esters is 2. The van der Waals surface area contributed by atoms with E-state index in [4.69, 9.17) is 9.47 Å². The van der Waals surface area contributed by atoms with Gasteiger partial charge >= 0.3 is 11.9 Å². The van der Waals surface area contributed by atoms with Gasteiger partial charge in [-0.05, 0) is 71.3 Å². The summed E-state index contributed by atoms with van der Waals surface area (Å²) < 4.78 is 10.8. The van der Waals surface area contributed by atoms with Crippen molar-refractivity contribution in [3.63, 3.8) is 0 Å². The second-order valence-electron chi connectivity index (χ2n) is 13.4. The number of carbonyl (C=O) groups is 2. The molecule has 0 saturated carbocycles. The zero-order valence-electron chi connectivity index (χ0n) is 31.0. The highest BCUT2D eigenvalue weighted by atomic mass is 16.5. The lowest BCUT2D eigenvalue weighted by Gasteiger charge is -2.16. The molecule has 0 rings (SSSR count). The minimum Gasteiger partial charge on any atom is -0.464 e. The summed E-state index contributed by atoms with van der Waals surface area (Å²) in [7, 11) is 1.97. The smallest absolute Gasteiger partial charge is 0.305 e. The zero-order valence-corrected chi connectivity index (χ0v) is 31.0. The minimum absolute atomic E-state index is 0.0996. The van der Waals surface area contributed by atoms with E-state index in [2.05, 4.69) is 38.2 Å². The number of unbranched alkanes of at least 4 members (excludes halogenated alkanes) is 22. The van der Waals surface area contributed by atoms with Gasteiger partial charge < -0.3 is 9.47 Å². The van der Waals surface area contributed by atoms with Gasteiger partial charge in [-0.3, -0.25) is 14.5 Å². The highest BCUT2D eigenvalue weighted by Crippen LogP contribution is 2.12. The fraction of sp³-hybridized carbons (Fsp3) is 0.854. The average Bonchev–Trinajstić information content (AvgIpc) is 3.04. The Labute approximate surface area is 286 Å². The maximum atomic E-state index is 12.0. The summed E-state index contributed by atoms with van der Waals surface area (Å²) in [6.45, 7) is 6.63. The van der Waals surface area contributed by atoms with Crippen LogP contribution in [0.5, 0.6) is 0 Å². The highest BCUT2D eigenvalue weighted by Gasteiger charge is 2.07. The lowest BCUT2D eigenvalue weighted by atomic mass is 10.1. The second-order valence-corrected chi connectivity index (χ2v) is 13.4. The molecule has 270 valence electrons. The van der Waals surface area contributed by atoms with Crippen molar-refractivity contribution in [3.8, 4) is 0 Å². The summed E-state index contributed by atoms with van der Waals surface area (Å²) in [5.41, 5.74) is 0. The van der Waals surface area contributed by atoms with Gasteiger partial charge in [0.15, 0.2) is 0 Å². The molecule has 0 aliphatic heterocycles. The van der Waals surface area contributed by atoms with Crippen molar-refractivity contribution in [2.45, 2.75) is 194 Å². The Bertz CT molecular complexity index is 647. The second kappa shape index (κ2) is 37.8. The van der Waals surface area contributed by atoms with Crippen molar-refractivity contribution in [2.24, 2.45) is 0 Å². The van der Waals surface area contributed by atoms with Crippen molar-refractivity contribution in [3.05, 3.63) is 24.3 Å². The molecule has 0 unspecified atom stereocenters. The number of hydrogen-bond donors (Lipinski definition) is 0. The molecular weight excluding hydrogens is 570 g/mol. The molecule has 0 bridgehead atoms. The van der Waals surface area contributed by atoms with E-state index in [1.807, 2.05) is 11.9 Å². The third kappa shape index (κ3) is 36.8. The number of ether oxygens (including phenoxy) is 2. The summed E-state index contributed by atoms with van der Waals surface area (Å²) in [6, 6.07) is 0. The van der Waals surface area contributed by atoms with E-state index in [1.54, 1.807) is 0 Å². The van der Waals surface area contributed by atoms with Crippen LogP contribution in [-0.4, -0.2) is 50.2 Å². The van der Waals surface area contributed by atoms with Crippen LogP contribution < -0.4 is 0 Å². The van der Waals surface area contributed by atoms with Crippen LogP contribution in [-0.2, 0) is 19.1 Å². The molecule has 0 aromatic heterocycles. The first kappa shape index (κ1) is 44.4. The number of nitrogens with zero attached hydrogens (tertiary/aromatic N) is 1. The van der Waals surface area contributed by atoms with Gasteiger partial charge in [-0.1, -0.05) is 141 Å². The molecule has 0 aliphatic carbocycles. The standard InChI is InChI=1S/C41H77NO4/c1-4-6-8-10-12-14-16-18-20-22-24-26-28-30-32-34-40(43)45-38-36-42(3)37-39-46-41(44)35-33-31-29-27-25-23-21-19-17-15-13-11-9-7-5-2/h18-21H,4-17,22-39H2,1-3H3/b20-18-,21-19-. The van der Waals surface area contributed by atoms with E-state index in [-0.39, 0.29) is 11.9 Å². The van der Waals surface area contributed by atoms with Crippen molar-refractivity contribution < 1.29 is 19.1 Å². The molecular formula is C41H77NO4. The largest absolute Gasteiger partial charge is 0.464 e. The lowest BCUT2D eigenvalue weighted by molar-refractivity contribution is -0.144. The Morgan fingerprint density at radius 1 is 0.435 bits per heavy atom. The number of hydrogen-bond acceptors (Lipinski definition) is 5. The van der Waals surface area contributed by atoms with Crippen LogP contribution in [0.25, 0.3) is 0 Å². The molecule has 0 radical (unpaired) electrons. The van der Waals surface area contributed by atoms with Crippen LogP contribution in [0.1, 0.15) is 194 Å². The van der Waals surface area contributed by atoms with Crippen LogP contribution in [0.4, 0.5) is 0 Å².